The van der Waals surface area contributed by atoms with Gasteiger partial charge in [0.1, 0.15) is 0 Å². The lowest BCUT2D eigenvalue weighted by Gasteiger charge is -2.05. The fourth-order valence-electron chi connectivity index (χ4n) is 2.20. The van der Waals surface area contributed by atoms with E-state index in [0.29, 0.717) is 0 Å². The summed E-state index contributed by atoms with van der Waals surface area (Å²) in [5.74, 6) is 0. The minimum atomic E-state index is 0.775. The van der Waals surface area contributed by atoms with Crippen LogP contribution < -0.4 is 33.6 Å². The molecule has 0 aliphatic heterocycles. The summed E-state index contributed by atoms with van der Waals surface area (Å²) in [4.78, 5) is 0. The summed E-state index contributed by atoms with van der Waals surface area (Å²) in [7, 11) is 0. The van der Waals surface area contributed by atoms with Crippen LogP contribution in [-0.2, 0) is 0 Å². The predicted octanol–water partition coefficient (Wildman–Crippen LogP) is 0.888. The lowest BCUT2D eigenvalue weighted by Crippen LogP contribution is -2.19. The molecule has 0 saturated carbocycles. The third kappa shape index (κ3) is 29.7. The molecule has 0 amide bonds. The fraction of sp³-hybridized carbons (Fsp3) is 1.00. The van der Waals surface area contributed by atoms with Crippen molar-refractivity contribution in [1.29, 1.82) is 0 Å². The highest BCUT2D eigenvalue weighted by atomic mass is 14.8. The molecule has 10 N–H and O–H groups in total. The SMILES string of the molecule is NCCCCN.NCCCNCCCCCCCCNCCCN. The predicted molar refractivity (Wildman–Crippen MR) is 108 cm³/mol. The van der Waals surface area contributed by atoms with Crippen molar-refractivity contribution in [3.63, 3.8) is 0 Å². The second-order valence-electron chi connectivity index (χ2n) is 6.19. The van der Waals surface area contributed by atoms with Gasteiger partial charge in [-0.05, 0) is 90.9 Å². The van der Waals surface area contributed by atoms with Crippen LogP contribution in [0.2, 0.25) is 0 Å². The van der Waals surface area contributed by atoms with Crippen LogP contribution in [0.3, 0.4) is 0 Å². The Hall–Kier alpha value is -0.240. The Balaban J connectivity index is 0. The van der Waals surface area contributed by atoms with Crippen LogP contribution in [0.15, 0.2) is 0 Å². The van der Waals surface area contributed by atoms with E-state index < -0.39 is 0 Å². The fourth-order valence-corrected chi connectivity index (χ4v) is 2.20. The van der Waals surface area contributed by atoms with Gasteiger partial charge in [0.25, 0.3) is 0 Å². The molecular formula is C18H46N6. The lowest BCUT2D eigenvalue weighted by atomic mass is 10.1. The van der Waals surface area contributed by atoms with Gasteiger partial charge in [-0.2, -0.15) is 0 Å². The molecular weight excluding hydrogens is 300 g/mol. The number of hydrogen-bond acceptors (Lipinski definition) is 6. The molecule has 0 fully saturated rings. The molecule has 6 heteroatoms. The smallest absolute Gasteiger partial charge is 0.00369 e. The molecule has 0 unspecified atom stereocenters. The summed E-state index contributed by atoms with van der Waals surface area (Å²) in [6.45, 7) is 7.60. The zero-order valence-corrected chi connectivity index (χ0v) is 16.0. The van der Waals surface area contributed by atoms with E-state index in [4.69, 9.17) is 22.9 Å². The van der Waals surface area contributed by atoms with E-state index in [0.717, 1.165) is 78.0 Å². The van der Waals surface area contributed by atoms with Crippen molar-refractivity contribution in [3.05, 3.63) is 0 Å². The third-order valence-corrected chi connectivity index (χ3v) is 3.73. The molecule has 0 aromatic heterocycles. The molecule has 0 aliphatic rings. The van der Waals surface area contributed by atoms with Gasteiger partial charge in [0.2, 0.25) is 0 Å². The molecule has 6 nitrogen and oxygen atoms in total. The molecule has 148 valence electrons. The van der Waals surface area contributed by atoms with Crippen LogP contribution in [0.4, 0.5) is 0 Å². The quantitative estimate of drug-likeness (QED) is 0.205. The van der Waals surface area contributed by atoms with Crippen LogP contribution in [-0.4, -0.2) is 52.4 Å². The standard InChI is InChI=1S/C14H34N4.C4H12N2/c15-9-7-13-17-11-5-3-1-2-4-6-12-18-14-8-10-16;5-3-1-2-4-6/h17-18H,1-16H2;1-6H2. The highest BCUT2D eigenvalue weighted by Gasteiger charge is 1.92. The van der Waals surface area contributed by atoms with E-state index in [1.807, 2.05) is 0 Å². The van der Waals surface area contributed by atoms with Crippen molar-refractivity contribution in [2.75, 3.05) is 52.4 Å². The van der Waals surface area contributed by atoms with Gasteiger partial charge in [0.15, 0.2) is 0 Å². The van der Waals surface area contributed by atoms with E-state index >= 15 is 0 Å². The minimum absolute atomic E-state index is 0.775. The average Bonchev–Trinajstić information content (AvgIpc) is 2.61. The monoisotopic (exact) mass is 346 g/mol. The molecule has 0 aromatic carbocycles. The molecule has 0 heterocycles. The van der Waals surface area contributed by atoms with Gasteiger partial charge in [0, 0.05) is 0 Å². The summed E-state index contributed by atoms with van der Waals surface area (Å²) >= 11 is 0. The molecule has 0 spiro atoms. The Kier molecular flexibility index (Phi) is 29.9. The first-order valence-electron chi connectivity index (χ1n) is 10.0. The summed E-state index contributed by atoms with van der Waals surface area (Å²) in [5.41, 5.74) is 21.2. The van der Waals surface area contributed by atoms with Gasteiger partial charge in [-0.25, -0.2) is 0 Å². The Morgan fingerprint density at radius 2 is 0.625 bits per heavy atom. The highest BCUT2D eigenvalue weighted by Crippen LogP contribution is 2.04. The largest absolute Gasteiger partial charge is 0.330 e. The molecule has 0 rings (SSSR count). The van der Waals surface area contributed by atoms with Gasteiger partial charge in [-0.15, -0.1) is 0 Å². The van der Waals surface area contributed by atoms with Crippen LogP contribution in [0.5, 0.6) is 0 Å². The first-order chi connectivity index (χ1) is 11.8. The van der Waals surface area contributed by atoms with Gasteiger partial charge >= 0.3 is 0 Å². The van der Waals surface area contributed by atoms with Crippen LogP contribution in [0.1, 0.15) is 64.2 Å². The zero-order valence-electron chi connectivity index (χ0n) is 16.0. The van der Waals surface area contributed by atoms with Crippen LogP contribution >= 0.6 is 0 Å². The molecule has 24 heavy (non-hydrogen) atoms. The Labute approximate surface area is 150 Å². The summed E-state index contributed by atoms with van der Waals surface area (Å²) in [5, 5.41) is 6.83. The Morgan fingerprint density at radius 3 is 0.958 bits per heavy atom. The molecule has 0 aliphatic carbocycles. The molecule has 0 saturated heterocycles. The molecule has 0 aromatic rings. The van der Waals surface area contributed by atoms with E-state index in [9.17, 15) is 0 Å². The second kappa shape index (κ2) is 27.6. The third-order valence-electron chi connectivity index (χ3n) is 3.73. The van der Waals surface area contributed by atoms with E-state index in [2.05, 4.69) is 10.6 Å². The number of nitrogens with one attached hydrogen (secondary N) is 2. The first-order valence-corrected chi connectivity index (χ1v) is 10.0. The number of hydrogen-bond donors (Lipinski definition) is 6. The Morgan fingerprint density at radius 1 is 0.333 bits per heavy atom. The summed E-state index contributed by atoms with van der Waals surface area (Å²) < 4.78 is 0. The van der Waals surface area contributed by atoms with E-state index in [1.165, 1.54) is 38.5 Å². The normalized spacial score (nSPS) is 10.5. The number of rotatable bonds is 18. The van der Waals surface area contributed by atoms with Crippen molar-refractivity contribution in [3.8, 4) is 0 Å². The second-order valence-corrected chi connectivity index (χ2v) is 6.19. The van der Waals surface area contributed by atoms with Crippen molar-refractivity contribution in [2.45, 2.75) is 64.2 Å². The number of nitrogens with two attached hydrogens (primary N) is 4. The van der Waals surface area contributed by atoms with E-state index in [1.54, 1.807) is 0 Å². The maximum Gasteiger partial charge on any atom is -0.00369 e. The van der Waals surface area contributed by atoms with Gasteiger partial charge < -0.3 is 33.6 Å². The number of unbranched alkanes of at least 4 members (excludes halogenated alkanes) is 6. The van der Waals surface area contributed by atoms with E-state index in [-0.39, 0.29) is 0 Å². The average molecular weight is 347 g/mol. The van der Waals surface area contributed by atoms with Crippen molar-refractivity contribution < 1.29 is 0 Å². The van der Waals surface area contributed by atoms with Crippen LogP contribution in [0, 0.1) is 0 Å². The zero-order chi connectivity index (χ0) is 18.1. The van der Waals surface area contributed by atoms with Gasteiger partial charge in [-0.3, -0.25) is 0 Å². The van der Waals surface area contributed by atoms with Crippen molar-refractivity contribution >= 4 is 0 Å². The lowest BCUT2D eigenvalue weighted by molar-refractivity contribution is 0.545. The molecule has 0 atom stereocenters. The summed E-state index contributed by atoms with van der Waals surface area (Å²) in [6.07, 6.45) is 12.4. The maximum absolute atomic E-state index is 5.42. The van der Waals surface area contributed by atoms with Crippen molar-refractivity contribution in [2.24, 2.45) is 22.9 Å². The molecule has 0 radical (unpaired) electrons. The summed E-state index contributed by atoms with van der Waals surface area (Å²) in [6, 6.07) is 0. The first kappa shape index (κ1) is 26.0. The van der Waals surface area contributed by atoms with Gasteiger partial charge in [0.05, 0.1) is 0 Å². The van der Waals surface area contributed by atoms with Gasteiger partial charge in [-0.1, -0.05) is 25.7 Å². The molecule has 0 bridgehead atoms. The Bertz CT molecular complexity index is 172. The highest BCUT2D eigenvalue weighted by molar-refractivity contribution is 4.52. The topological polar surface area (TPSA) is 128 Å². The van der Waals surface area contributed by atoms with Crippen LogP contribution in [0.25, 0.3) is 0 Å². The maximum atomic E-state index is 5.42. The van der Waals surface area contributed by atoms with Crippen molar-refractivity contribution in [1.82, 2.24) is 10.6 Å². The minimum Gasteiger partial charge on any atom is -0.330 e.